The third kappa shape index (κ3) is 4.52. The summed E-state index contributed by atoms with van der Waals surface area (Å²) < 4.78 is 14.5. The van der Waals surface area contributed by atoms with Crippen LogP contribution >= 0.6 is 35.0 Å². The first kappa shape index (κ1) is 22.0. The van der Waals surface area contributed by atoms with E-state index in [1.165, 1.54) is 11.8 Å². The van der Waals surface area contributed by atoms with Crippen molar-refractivity contribution in [1.82, 2.24) is 19.2 Å². The SMILES string of the molecule is COCCCn1c(=O)c2ccccc2n2c(SCCOc3c(Cl)cccc3Cl)nnc12. The third-order valence-electron chi connectivity index (χ3n) is 4.69. The molecule has 0 radical (unpaired) electrons. The molecule has 162 valence electrons. The number of benzene rings is 2. The first-order valence-electron chi connectivity index (χ1n) is 9.67. The molecule has 0 aliphatic rings. The molecule has 0 fully saturated rings. The Hall–Kier alpha value is -2.26. The molecule has 0 amide bonds. The Morgan fingerprint density at radius 1 is 1.03 bits per heavy atom. The monoisotopic (exact) mass is 478 g/mol. The van der Waals surface area contributed by atoms with E-state index in [2.05, 4.69) is 10.2 Å². The summed E-state index contributed by atoms with van der Waals surface area (Å²) in [6.45, 7) is 1.44. The number of para-hydroxylation sites is 2. The summed E-state index contributed by atoms with van der Waals surface area (Å²) in [7, 11) is 1.64. The lowest BCUT2D eigenvalue weighted by Gasteiger charge is -2.11. The number of hydrogen-bond acceptors (Lipinski definition) is 6. The van der Waals surface area contributed by atoms with Gasteiger partial charge in [0.2, 0.25) is 5.78 Å². The summed E-state index contributed by atoms with van der Waals surface area (Å²) in [6.07, 6.45) is 0.701. The normalized spacial score (nSPS) is 11.5. The van der Waals surface area contributed by atoms with Crippen LogP contribution < -0.4 is 10.3 Å². The van der Waals surface area contributed by atoms with Gasteiger partial charge in [0.15, 0.2) is 10.9 Å². The molecule has 2 aromatic heterocycles. The van der Waals surface area contributed by atoms with Gasteiger partial charge in [-0.1, -0.05) is 53.2 Å². The van der Waals surface area contributed by atoms with Crippen molar-refractivity contribution in [3.8, 4) is 5.75 Å². The van der Waals surface area contributed by atoms with Crippen molar-refractivity contribution >= 4 is 51.6 Å². The lowest BCUT2D eigenvalue weighted by Crippen LogP contribution is -2.24. The van der Waals surface area contributed by atoms with Crippen LogP contribution in [0.15, 0.2) is 52.4 Å². The van der Waals surface area contributed by atoms with Gasteiger partial charge < -0.3 is 9.47 Å². The highest BCUT2D eigenvalue weighted by atomic mass is 35.5. The second-order valence-corrected chi connectivity index (χ2v) is 8.56. The van der Waals surface area contributed by atoms with E-state index in [0.29, 0.717) is 64.0 Å². The van der Waals surface area contributed by atoms with Crippen molar-refractivity contribution in [2.45, 2.75) is 18.1 Å². The Kier molecular flexibility index (Phi) is 7.02. The molecule has 0 aliphatic heterocycles. The van der Waals surface area contributed by atoms with Crippen LogP contribution in [0, 0.1) is 0 Å². The summed E-state index contributed by atoms with van der Waals surface area (Å²) in [5.41, 5.74) is 0.688. The molecule has 2 aromatic carbocycles. The number of hydrogen-bond donors (Lipinski definition) is 0. The minimum atomic E-state index is -0.0835. The molecule has 0 bridgehead atoms. The molecule has 0 spiro atoms. The van der Waals surface area contributed by atoms with Crippen LogP contribution in [0.4, 0.5) is 0 Å². The highest BCUT2D eigenvalue weighted by molar-refractivity contribution is 7.99. The Morgan fingerprint density at radius 3 is 2.58 bits per heavy atom. The molecule has 0 aliphatic carbocycles. The van der Waals surface area contributed by atoms with Crippen LogP contribution in [0.1, 0.15) is 6.42 Å². The van der Waals surface area contributed by atoms with Gasteiger partial charge in [-0.15, -0.1) is 10.2 Å². The zero-order valence-electron chi connectivity index (χ0n) is 16.8. The van der Waals surface area contributed by atoms with E-state index in [-0.39, 0.29) is 5.56 Å². The second-order valence-electron chi connectivity index (χ2n) is 6.69. The van der Waals surface area contributed by atoms with Gasteiger partial charge in [-0.3, -0.25) is 13.8 Å². The van der Waals surface area contributed by atoms with Crippen LogP contribution in [0.2, 0.25) is 10.0 Å². The molecule has 0 saturated heterocycles. The predicted molar refractivity (Wildman–Crippen MR) is 124 cm³/mol. The van der Waals surface area contributed by atoms with Gasteiger partial charge in [-0.05, 0) is 30.7 Å². The van der Waals surface area contributed by atoms with E-state index in [9.17, 15) is 4.79 Å². The van der Waals surface area contributed by atoms with Crippen molar-refractivity contribution < 1.29 is 9.47 Å². The van der Waals surface area contributed by atoms with E-state index in [4.69, 9.17) is 32.7 Å². The summed E-state index contributed by atoms with van der Waals surface area (Å²) >= 11 is 13.8. The minimum Gasteiger partial charge on any atom is -0.490 e. The van der Waals surface area contributed by atoms with E-state index < -0.39 is 0 Å². The van der Waals surface area contributed by atoms with E-state index in [1.54, 1.807) is 29.9 Å². The molecule has 2 heterocycles. The predicted octanol–water partition coefficient (Wildman–Crippen LogP) is 4.56. The van der Waals surface area contributed by atoms with Crippen molar-refractivity contribution in [2.75, 3.05) is 26.1 Å². The third-order valence-corrected chi connectivity index (χ3v) is 6.18. The lowest BCUT2D eigenvalue weighted by molar-refractivity contribution is 0.190. The number of methoxy groups -OCH3 is 1. The molecule has 4 rings (SSSR count). The van der Waals surface area contributed by atoms with E-state index in [0.717, 1.165) is 5.52 Å². The fourth-order valence-corrected chi connectivity index (χ4v) is 4.56. The van der Waals surface area contributed by atoms with Gasteiger partial charge in [0.1, 0.15) is 0 Å². The van der Waals surface area contributed by atoms with Crippen molar-refractivity contribution in [1.29, 1.82) is 0 Å². The Morgan fingerprint density at radius 2 is 1.81 bits per heavy atom. The van der Waals surface area contributed by atoms with Crippen LogP contribution in [0.5, 0.6) is 5.75 Å². The Balaban J connectivity index is 1.61. The van der Waals surface area contributed by atoms with Gasteiger partial charge in [0.05, 0.1) is 27.6 Å². The second kappa shape index (κ2) is 9.91. The lowest BCUT2D eigenvalue weighted by atomic mass is 10.2. The molecular formula is C21H20Cl2N4O3S. The van der Waals surface area contributed by atoms with Crippen LogP contribution in [-0.2, 0) is 11.3 Å². The maximum absolute atomic E-state index is 13.0. The molecule has 10 heteroatoms. The summed E-state index contributed by atoms with van der Waals surface area (Å²) in [6, 6.07) is 12.7. The Labute approximate surface area is 192 Å². The number of thioether (sulfide) groups is 1. The van der Waals surface area contributed by atoms with Crippen LogP contribution in [0.3, 0.4) is 0 Å². The highest BCUT2D eigenvalue weighted by Crippen LogP contribution is 2.32. The first-order valence-corrected chi connectivity index (χ1v) is 11.4. The van der Waals surface area contributed by atoms with Crippen LogP contribution in [-0.4, -0.2) is 45.2 Å². The summed E-state index contributed by atoms with van der Waals surface area (Å²) in [5, 5.41) is 10.9. The zero-order valence-corrected chi connectivity index (χ0v) is 19.1. The minimum absolute atomic E-state index is 0.0835. The van der Waals surface area contributed by atoms with Gasteiger partial charge in [0, 0.05) is 26.0 Å². The fourth-order valence-electron chi connectivity index (χ4n) is 3.29. The number of aromatic nitrogens is 4. The molecule has 0 atom stereocenters. The first-order chi connectivity index (χ1) is 15.1. The zero-order chi connectivity index (χ0) is 21.8. The average Bonchev–Trinajstić information content (AvgIpc) is 3.19. The van der Waals surface area contributed by atoms with Gasteiger partial charge in [-0.25, -0.2) is 0 Å². The summed E-state index contributed by atoms with van der Waals surface area (Å²) in [4.78, 5) is 13.0. The average molecular weight is 479 g/mol. The quantitative estimate of drug-likeness (QED) is 0.259. The van der Waals surface area contributed by atoms with Crippen molar-refractivity contribution in [3.63, 3.8) is 0 Å². The number of halogens is 2. The molecular weight excluding hydrogens is 459 g/mol. The Bertz CT molecular complexity index is 1250. The van der Waals surface area contributed by atoms with Gasteiger partial charge >= 0.3 is 0 Å². The number of nitrogens with zero attached hydrogens (tertiary/aromatic N) is 4. The number of ether oxygens (including phenoxy) is 2. The van der Waals surface area contributed by atoms with E-state index >= 15 is 0 Å². The van der Waals surface area contributed by atoms with E-state index in [1.807, 2.05) is 28.7 Å². The molecule has 4 aromatic rings. The van der Waals surface area contributed by atoms with Crippen molar-refractivity contribution in [2.24, 2.45) is 0 Å². The van der Waals surface area contributed by atoms with Crippen LogP contribution in [0.25, 0.3) is 16.7 Å². The fraction of sp³-hybridized carbons (Fsp3) is 0.286. The maximum Gasteiger partial charge on any atom is 0.262 e. The largest absolute Gasteiger partial charge is 0.490 e. The highest BCUT2D eigenvalue weighted by Gasteiger charge is 2.16. The maximum atomic E-state index is 13.0. The number of rotatable bonds is 9. The van der Waals surface area contributed by atoms with Gasteiger partial charge in [0.25, 0.3) is 5.56 Å². The smallest absolute Gasteiger partial charge is 0.262 e. The molecule has 7 nitrogen and oxygen atoms in total. The standard InChI is InChI=1S/C21H20Cl2N4O3S/c1-29-11-5-10-26-19(28)14-6-2-3-9-17(14)27-20(26)24-25-21(27)31-13-12-30-18-15(22)7-4-8-16(18)23/h2-4,6-9H,5,10-13H2,1H3. The van der Waals surface area contributed by atoms with Crippen molar-refractivity contribution in [3.05, 3.63) is 62.9 Å². The molecule has 0 saturated carbocycles. The topological polar surface area (TPSA) is 70.7 Å². The number of fused-ring (bicyclic) bond motifs is 3. The summed E-state index contributed by atoms with van der Waals surface area (Å²) in [5.74, 6) is 1.58. The molecule has 0 N–H and O–H groups in total. The van der Waals surface area contributed by atoms with Gasteiger partial charge in [-0.2, -0.15) is 0 Å². The number of aryl methyl sites for hydroxylation is 1. The molecule has 0 unspecified atom stereocenters. The molecule has 31 heavy (non-hydrogen) atoms.